The molecule has 0 atom stereocenters. The number of aromatic nitrogens is 1. The van der Waals surface area contributed by atoms with Crippen molar-refractivity contribution in [2.75, 3.05) is 10.6 Å². The van der Waals surface area contributed by atoms with Gasteiger partial charge in [0.25, 0.3) is 11.8 Å². The maximum Gasteiger partial charge on any atom is 0.262 e. The number of pyridine rings is 1. The number of hydrogen-bond acceptors (Lipinski definition) is 3. The second-order valence-electron chi connectivity index (χ2n) is 7.24. The van der Waals surface area contributed by atoms with Gasteiger partial charge in [-0.15, -0.1) is 0 Å². The molecule has 3 aromatic rings. The third kappa shape index (κ3) is 4.93. The largest absolute Gasteiger partial charge is 0.323 e. The lowest BCUT2D eigenvalue weighted by atomic mass is 10.1. The molecule has 2 amide bonds. The Morgan fingerprint density at radius 2 is 1.72 bits per heavy atom. The molecule has 1 heterocycles. The molecule has 0 aliphatic heterocycles. The third-order valence-electron chi connectivity index (χ3n) is 4.76. The number of alkyl halides is 1. The Labute approximate surface area is 187 Å². The van der Waals surface area contributed by atoms with Crippen molar-refractivity contribution in [3.05, 3.63) is 88.3 Å². The number of carbonyl (C=O) groups is 2. The lowest BCUT2D eigenvalue weighted by molar-refractivity contribution is -0.122. The van der Waals surface area contributed by atoms with Gasteiger partial charge in [0.2, 0.25) is 0 Å². The molecule has 0 bridgehead atoms. The maximum atomic E-state index is 14.5. The number of rotatable bonds is 4. The average molecular weight is 452 g/mol. The molecule has 1 aliphatic rings. The zero-order chi connectivity index (χ0) is 22.7. The van der Waals surface area contributed by atoms with E-state index in [4.69, 9.17) is 11.6 Å². The lowest BCUT2D eigenvalue weighted by Crippen LogP contribution is -2.25. The number of nitrogens with one attached hydrogen (secondary N) is 2. The maximum absolute atomic E-state index is 14.5. The smallest absolute Gasteiger partial charge is 0.262 e. The first-order valence-corrected chi connectivity index (χ1v) is 10.1. The second kappa shape index (κ2) is 8.77. The highest BCUT2D eigenvalue weighted by Crippen LogP contribution is 2.40. The van der Waals surface area contributed by atoms with E-state index in [1.165, 1.54) is 24.4 Å². The van der Waals surface area contributed by atoms with Crippen LogP contribution in [-0.2, 0) is 4.79 Å². The van der Waals surface area contributed by atoms with Crippen molar-refractivity contribution in [2.24, 2.45) is 0 Å². The minimum absolute atomic E-state index is 0.0256. The third-order valence-corrected chi connectivity index (χ3v) is 5.09. The number of anilines is 2. The molecule has 0 saturated heterocycles. The molecule has 1 saturated carbocycles. The van der Waals surface area contributed by atoms with Gasteiger partial charge >= 0.3 is 0 Å². The molecule has 1 aromatic heterocycles. The topological polar surface area (TPSA) is 71.1 Å². The Morgan fingerprint density at radius 1 is 1.00 bits per heavy atom. The second-order valence-corrected chi connectivity index (χ2v) is 7.65. The molecule has 1 fully saturated rings. The fourth-order valence-corrected chi connectivity index (χ4v) is 3.00. The highest BCUT2D eigenvalue weighted by molar-refractivity contribution is 6.34. The van der Waals surface area contributed by atoms with Gasteiger partial charge in [-0.05, 0) is 49.2 Å². The van der Waals surface area contributed by atoms with Gasteiger partial charge in [0, 0.05) is 23.0 Å². The van der Waals surface area contributed by atoms with E-state index in [1.807, 2.05) is 30.3 Å². The van der Waals surface area contributed by atoms with Gasteiger partial charge in [-0.1, -0.05) is 41.6 Å². The van der Waals surface area contributed by atoms with Crippen molar-refractivity contribution in [3.8, 4) is 11.8 Å². The molecule has 32 heavy (non-hydrogen) atoms. The Bertz CT molecular complexity index is 1270. The fraction of sp³-hybridized carbons (Fsp3) is 0.125. The van der Waals surface area contributed by atoms with Crippen LogP contribution >= 0.6 is 11.6 Å². The molecule has 5 nitrogen and oxygen atoms in total. The summed E-state index contributed by atoms with van der Waals surface area (Å²) >= 11 is 6.08. The predicted molar refractivity (Wildman–Crippen MR) is 118 cm³/mol. The Kier molecular flexibility index (Phi) is 5.89. The standard InChI is InChI=1S/C24H16ClF2N3O2/c25-19-9-8-17(29-23(32)24(27)10-11-24)13-18(19)22(31)30-21-20(26)12-16(14-28-21)7-6-15-4-2-1-3-5-15/h1-5,8-9,12-14H,10-11H2,(H,29,32)(H,28,30,31). The summed E-state index contributed by atoms with van der Waals surface area (Å²) in [5, 5.41) is 4.84. The van der Waals surface area contributed by atoms with E-state index in [0.29, 0.717) is 5.56 Å². The minimum Gasteiger partial charge on any atom is -0.323 e. The van der Waals surface area contributed by atoms with Crippen LogP contribution in [0.3, 0.4) is 0 Å². The van der Waals surface area contributed by atoms with Gasteiger partial charge in [-0.25, -0.2) is 13.8 Å². The fourth-order valence-electron chi connectivity index (χ4n) is 2.80. The number of nitrogens with zero attached hydrogens (tertiary/aromatic N) is 1. The van der Waals surface area contributed by atoms with Crippen LogP contribution in [0.4, 0.5) is 20.3 Å². The van der Waals surface area contributed by atoms with Crippen molar-refractivity contribution < 1.29 is 18.4 Å². The monoisotopic (exact) mass is 451 g/mol. The van der Waals surface area contributed by atoms with Crippen molar-refractivity contribution in [1.29, 1.82) is 0 Å². The zero-order valence-corrected chi connectivity index (χ0v) is 17.3. The van der Waals surface area contributed by atoms with E-state index < -0.39 is 23.3 Å². The Morgan fingerprint density at radius 3 is 2.41 bits per heavy atom. The number of carbonyl (C=O) groups excluding carboxylic acids is 2. The van der Waals surface area contributed by atoms with Crippen LogP contribution in [0, 0.1) is 17.7 Å². The first-order valence-electron chi connectivity index (χ1n) is 9.68. The van der Waals surface area contributed by atoms with Crippen LogP contribution in [0.15, 0.2) is 60.8 Å². The van der Waals surface area contributed by atoms with Gasteiger partial charge in [0.15, 0.2) is 17.3 Å². The molecular formula is C24H16ClF2N3O2. The number of hydrogen-bond donors (Lipinski definition) is 2. The number of amides is 2. The molecule has 2 aromatic carbocycles. The van der Waals surface area contributed by atoms with Crippen LogP contribution in [-0.4, -0.2) is 22.5 Å². The minimum atomic E-state index is -1.86. The molecule has 1 aliphatic carbocycles. The van der Waals surface area contributed by atoms with Crippen LogP contribution in [0.2, 0.25) is 5.02 Å². The molecule has 8 heteroatoms. The molecule has 2 N–H and O–H groups in total. The highest BCUT2D eigenvalue weighted by Gasteiger charge is 2.50. The molecule has 160 valence electrons. The summed E-state index contributed by atoms with van der Waals surface area (Å²) in [7, 11) is 0. The number of benzene rings is 2. The molecular weight excluding hydrogens is 436 g/mol. The highest BCUT2D eigenvalue weighted by atomic mass is 35.5. The van der Waals surface area contributed by atoms with E-state index in [9.17, 15) is 18.4 Å². The number of halogens is 3. The Hall–Kier alpha value is -3.76. The van der Waals surface area contributed by atoms with Crippen LogP contribution in [0.25, 0.3) is 0 Å². The summed E-state index contributed by atoms with van der Waals surface area (Å²) in [5.41, 5.74) is -0.573. The summed E-state index contributed by atoms with van der Waals surface area (Å²) in [5.74, 6) is 3.13. The van der Waals surface area contributed by atoms with Gasteiger partial charge < -0.3 is 10.6 Å². The zero-order valence-electron chi connectivity index (χ0n) is 16.6. The summed E-state index contributed by atoms with van der Waals surface area (Å²) in [6, 6.07) is 14.5. The Balaban J connectivity index is 1.48. The quantitative estimate of drug-likeness (QED) is 0.550. The van der Waals surface area contributed by atoms with Gasteiger partial charge in [-0.3, -0.25) is 9.59 Å². The summed E-state index contributed by atoms with van der Waals surface area (Å²) in [4.78, 5) is 28.4. The SMILES string of the molecule is O=C(Nc1ncc(C#Cc2ccccc2)cc1F)c1cc(NC(=O)C2(F)CC2)ccc1Cl. The van der Waals surface area contributed by atoms with Crippen LogP contribution in [0.1, 0.15) is 34.3 Å². The summed E-state index contributed by atoms with van der Waals surface area (Å²) in [6.45, 7) is 0. The van der Waals surface area contributed by atoms with Crippen molar-refractivity contribution in [3.63, 3.8) is 0 Å². The van der Waals surface area contributed by atoms with Crippen LogP contribution in [0.5, 0.6) is 0 Å². The summed E-state index contributed by atoms with van der Waals surface area (Å²) < 4.78 is 28.3. The van der Waals surface area contributed by atoms with Gasteiger partial charge in [-0.2, -0.15) is 0 Å². The van der Waals surface area contributed by atoms with E-state index in [2.05, 4.69) is 27.5 Å². The van der Waals surface area contributed by atoms with Crippen molar-refractivity contribution in [2.45, 2.75) is 18.5 Å². The van der Waals surface area contributed by atoms with E-state index >= 15 is 0 Å². The normalized spacial score (nSPS) is 13.5. The predicted octanol–water partition coefficient (Wildman–Crippen LogP) is 4.97. The molecule has 0 unspecified atom stereocenters. The first-order chi connectivity index (χ1) is 15.3. The van der Waals surface area contributed by atoms with Gasteiger partial charge in [0.05, 0.1) is 10.6 Å². The van der Waals surface area contributed by atoms with Crippen molar-refractivity contribution in [1.82, 2.24) is 4.98 Å². The lowest BCUT2D eigenvalue weighted by Gasteiger charge is -2.11. The van der Waals surface area contributed by atoms with Crippen molar-refractivity contribution >= 4 is 34.9 Å². The molecule has 0 spiro atoms. The van der Waals surface area contributed by atoms with E-state index in [0.717, 1.165) is 11.6 Å². The van der Waals surface area contributed by atoms with Gasteiger partial charge in [0.1, 0.15) is 0 Å². The molecule has 0 radical (unpaired) electrons. The molecule has 4 rings (SSSR count). The first kappa shape index (κ1) is 21.5. The van der Waals surface area contributed by atoms with E-state index in [1.54, 1.807) is 0 Å². The van der Waals surface area contributed by atoms with Crippen LogP contribution < -0.4 is 10.6 Å². The van der Waals surface area contributed by atoms with E-state index in [-0.39, 0.29) is 34.9 Å². The average Bonchev–Trinajstić information content (AvgIpc) is 3.54. The summed E-state index contributed by atoms with van der Waals surface area (Å²) in [6.07, 6.45) is 1.66.